The van der Waals surface area contributed by atoms with Crippen molar-refractivity contribution in [2.24, 2.45) is 5.73 Å². The second-order valence-corrected chi connectivity index (χ2v) is 5.19. The first-order chi connectivity index (χ1) is 11.1. The highest BCUT2D eigenvalue weighted by molar-refractivity contribution is 5.65. The van der Waals surface area contributed by atoms with Crippen LogP contribution in [0.3, 0.4) is 0 Å². The fourth-order valence-corrected chi connectivity index (χ4v) is 2.35. The van der Waals surface area contributed by atoms with Crippen molar-refractivity contribution in [1.82, 2.24) is 15.3 Å². The molecule has 0 saturated heterocycles. The summed E-state index contributed by atoms with van der Waals surface area (Å²) in [6.07, 6.45) is 3.04. The normalized spacial score (nSPS) is 11.9. The van der Waals surface area contributed by atoms with E-state index in [4.69, 9.17) is 15.6 Å². The first kappa shape index (κ1) is 16.8. The van der Waals surface area contributed by atoms with E-state index in [0.717, 1.165) is 24.2 Å². The van der Waals surface area contributed by atoms with E-state index in [1.165, 1.54) is 0 Å². The number of carboxylic acid groups (broad SMARTS) is 1. The summed E-state index contributed by atoms with van der Waals surface area (Å²) in [7, 11) is 1.61. The summed E-state index contributed by atoms with van der Waals surface area (Å²) in [6.45, 7) is 0.595. The molecule has 0 aliphatic carbocycles. The zero-order valence-corrected chi connectivity index (χ0v) is 13.1. The molecule has 0 radical (unpaired) electrons. The van der Waals surface area contributed by atoms with Crippen LogP contribution in [0.2, 0.25) is 0 Å². The van der Waals surface area contributed by atoms with Crippen LogP contribution in [-0.2, 0) is 0 Å². The smallest absolute Gasteiger partial charge is 0.405 e. The van der Waals surface area contributed by atoms with Gasteiger partial charge in [0.25, 0.3) is 0 Å². The molecule has 7 nitrogen and oxygen atoms in total. The van der Waals surface area contributed by atoms with Crippen molar-refractivity contribution in [3.05, 3.63) is 36.2 Å². The Morgan fingerprint density at radius 2 is 2.13 bits per heavy atom. The molecule has 0 spiro atoms. The Hall–Kier alpha value is -2.54. The molecule has 1 aromatic heterocycles. The molecular weight excluding hydrogens is 296 g/mol. The van der Waals surface area contributed by atoms with E-state index in [-0.39, 0.29) is 6.04 Å². The molecule has 124 valence electrons. The minimum absolute atomic E-state index is 0.345. The fourth-order valence-electron chi connectivity index (χ4n) is 2.35. The number of unbranched alkanes of at least 4 members (excludes halogenated alkanes) is 1. The quantitative estimate of drug-likeness (QED) is 0.559. The third-order valence-electron chi connectivity index (χ3n) is 3.56. The number of rotatable bonds is 8. The van der Waals surface area contributed by atoms with Gasteiger partial charge in [0.15, 0.2) is 0 Å². The average Bonchev–Trinajstić information content (AvgIpc) is 3.04. The highest BCUT2D eigenvalue weighted by Gasteiger charge is 2.17. The summed E-state index contributed by atoms with van der Waals surface area (Å²) in [5.41, 5.74) is 7.08. The van der Waals surface area contributed by atoms with E-state index in [9.17, 15) is 4.79 Å². The molecule has 5 N–H and O–H groups in total. The fraction of sp³-hybridized carbons (Fsp3) is 0.375. The molecular formula is C16H22N4O3. The van der Waals surface area contributed by atoms with Crippen LogP contribution in [0.15, 0.2) is 30.5 Å². The number of nitrogens with one attached hydrogen (secondary N) is 2. The zero-order valence-electron chi connectivity index (χ0n) is 13.1. The van der Waals surface area contributed by atoms with Gasteiger partial charge >= 0.3 is 6.09 Å². The Morgan fingerprint density at radius 3 is 2.74 bits per heavy atom. The zero-order chi connectivity index (χ0) is 16.7. The van der Waals surface area contributed by atoms with E-state index < -0.39 is 6.09 Å². The molecule has 1 amide bonds. The van der Waals surface area contributed by atoms with Crippen molar-refractivity contribution >= 4 is 6.09 Å². The predicted octanol–water partition coefficient (Wildman–Crippen LogP) is 2.52. The van der Waals surface area contributed by atoms with Crippen molar-refractivity contribution < 1.29 is 14.6 Å². The number of nitrogens with two attached hydrogens (primary N) is 1. The van der Waals surface area contributed by atoms with Crippen LogP contribution >= 0.6 is 0 Å². The number of methoxy groups -OCH3 is 1. The van der Waals surface area contributed by atoms with Gasteiger partial charge in [-0.2, -0.15) is 0 Å². The lowest BCUT2D eigenvalue weighted by Gasteiger charge is -2.14. The summed E-state index contributed by atoms with van der Waals surface area (Å²) < 4.78 is 5.13. The summed E-state index contributed by atoms with van der Waals surface area (Å²) in [5.74, 6) is 1.46. The van der Waals surface area contributed by atoms with Crippen LogP contribution in [0, 0.1) is 0 Å². The lowest BCUT2D eigenvalue weighted by molar-refractivity contribution is 0.188. The van der Waals surface area contributed by atoms with E-state index in [1.807, 2.05) is 24.3 Å². The Balaban J connectivity index is 2.13. The molecule has 2 aromatic rings. The largest absolute Gasteiger partial charge is 0.497 e. The number of imidazole rings is 1. The minimum atomic E-state index is -1.06. The molecule has 1 aromatic carbocycles. The van der Waals surface area contributed by atoms with Crippen LogP contribution in [-0.4, -0.2) is 34.8 Å². The molecule has 1 heterocycles. The Kier molecular flexibility index (Phi) is 5.99. The highest BCUT2D eigenvalue weighted by atomic mass is 16.5. The SMILES string of the molecule is COc1ccc(-c2nc(C(CCCCN)NC(=O)O)c[nH]2)cc1. The Labute approximate surface area is 134 Å². The number of benzene rings is 1. The number of hydrogen-bond donors (Lipinski definition) is 4. The lowest BCUT2D eigenvalue weighted by atomic mass is 10.1. The van der Waals surface area contributed by atoms with Crippen LogP contribution in [0.25, 0.3) is 11.4 Å². The number of hydrogen-bond acceptors (Lipinski definition) is 4. The van der Waals surface area contributed by atoms with Crippen molar-refractivity contribution in [1.29, 1.82) is 0 Å². The van der Waals surface area contributed by atoms with Crippen molar-refractivity contribution in [2.75, 3.05) is 13.7 Å². The molecule has 2 rings (SSSR count). The minimum Gasteiger partial charge on any atom is -0.497 e. The molecule has 1 unspecified atom stereocenters. The van der Waals surface area contributed by atoms with Gasteiger partial charge in [0, 0.05) is 11.8 Å². The highest BCUT2D eigenvalue weighted by Crippen LogP contribution is 2.23. The number of nitrogens with zero attached hydrogens (tertiary/aromatic N) is 1. The number of ether oxygens (including phenoxy) is 1. The maximum atomic E-state index is 11.0. The summed E-state index contributed by atoms with van der Waals surface area (Å²) in [5, 5.41) is 11.5. The van der Waals surface area contributed by atoms with Gasteiger partial charge in [0.05, 0.1) is 18.8 Å². The topological polar surface area (TPSA) is 113 Å². The van der Waals surface area contributed by atoms with Gasteiger partial charge in [-0.1, -0.05) is 0 Å². The number of carbonyl (C=O) groups is 1. The Bertz CT molecular complexity index is 625. The van der Waals surface area contributed by atoms with E-state index in [1.54, 1.807) is 13.3 Å². The Morgan fingerprint density at radius 1 is 1.39 bits per heavy atom. The number of amides is 1. The van der Waals surface area contributed by atoms with E-state index in [2.05, 4.69) is 15.3 Å². The lowest BCUT2D eigenvalue weighted by Crippen LogP contribution is -2.27. The van der Waals surface area contributed by atoms with Gasteiger partial charge in [-0.05, 0) is 50.1 Å². The monoisotopic (exact) mass is 318 g/mol. The third-order valence-corrected chi connectivity index (χ3v) is 3.56. The molecule has 23 heavy (non-hydrogen) atoms. The molecule has 0 aliphatic heterocycles. The number of aromatic amines is 1. The van der Waals surface area contributed by atoms with E-state index >= 15 is 0 Å². The summed E-state index contributed by atoms with van der Waals surface area (Å²) >= 11 is 0. The number of H-pyrrole nitrogens is 1. The second kappa shape index (κ2) is 8.19. The molecule has 7 heteroatoms. The van der Waals surface area contributed by atoms with Gasteiger partial charge in [-0.3, -0.25) is 0 Å². The van der Waals surface area contributed by atoms with Gasteiger partial charge in [0.1, 0.15) is 11.6 Å². The van der Waals surface area contributed by atoms with Gasteiger partial charge < -0.3 is 25.9 Å². The first-order valence-electron chi connectivity index (χ1n) is 7.53. The summed E-state index contributed by atoms with van der Waals surface area (Å²) in [4.78, 5) is 18.6. The van der Waals surface area contributed by atoms with Crippen LogP contribution in [0.4, 0.5) is 4.79 Å². The average molecular weight is 318 g/mol. The maximum absolute atomic E-state index is 11.0. The van der Waals surface area contributed by atoms with Crippen LogP contribution < -0.4 is 15.8 Å². The van der Waals surface area contributed by atoms with E-state index in [0.29, 0.717) is 24.5 Å². The molecule has 1 atom stereocenters. The summed E-state index contributed by atoms with van der Waals surface area (Å²) in [6, 6.07) is 7.16. The maximum Gasteiger partial charge on any atom is 0.405 e. The van der Waals surface area contributed by atoms with Gasteiger partial charge in [-0.25, -0.2) is 9.78 Å². The van der Waals surface area contributed by atoms with Crippen LogP contribution in [0.5, 0.6) is 5.75 Å². The van der Waals surface area contributed by atoms with Crippen LogP contribution in [0.1, 0.15) is 31.0 Å². The van der Waals surface area contributed by atoms with Gasteiger partial charge in [-0.15, -0.1) is 0 Å². The first-order valence-corrected chi connectivity index (χ1v) is 7.53. The predicted molar refractivity (Wildman–Crippen MR) is 87.4 cm³/mol. The third kappa shape index (κ3) is 4.72. The standard InChI is InChI=1S/C16H22N4O3/c1-23-12-7-5-11(6-8-12)15-18-10-14(19-15)13(20-16(21)22)4-2-3-9-17/h5-8,10,13,20H,2-4,9,17H2,1H3,(H,18,19)(H,21,22). The number of aromatic nitrogens is 2. The van der Waals surface area contributed by atoms with Crippen molar-refractivity contribution in [3.63, 3.8) is 0 Å². The second-order valence-electron chi connectivity index (χ2n) is 5.19. The van der Waals surface area contributed by atoms with Crippen molar-refractivity contribution in [3.8, 4) is 17.1 Å². The molecule has 0 bridgehead atoms. The molecule has 0 aliphatic rings. The van der Waals surface area contributed by atoms with Gasteiger partial charge in [0.2, 0.25) is 0 Å². The molecule has 0 fully saturated rings. The molecule has 0 saturated carbocycles. The van der Waals surface area contributed by atoms with Crippen molar-refractivity contribution in [2.45, 2.75) is 25.3 Å².